The molecule has 0 heterocycles. The van der Waals surface area contributed by atoms with Crippen LogP contribution in [0.5, 0.6) is 0 Å². The van der Waals surface area contributed by atoms with Crippen LogP contribution in [0.25, 0.3) is 0 Å². The van der Waals surface area contributed by atoms with Crippen molar-refractivity contribution in [2.45, 2.75) is 36.5 Å². The van der Waals surface area contributed by atoms with Crippen LogP contribution in [-0.2, 0) is 16.3 Å². The lowest BCUT2D eigenvalue weighted by molar-refractivity contribution is 0.170. The Morgan fingerprint density at radius 2 is 1.88 bits per heavy atom. The van der Waals surface area contributed by atoms with Crippen molar-refractivity contribution in [3.8, 4) is 0 Å². The van der Waals surface area contributed by atoms with E-state index in [1.165, 1.54) is 12.1 Å². The van der Waals surface area contributed by atoms with Gasteiger partial charge in [0.05, 0.1) is 11.0 Å². The van der Waals surface area contributed by atoms with Crippen LogP contribution >= 0.6 is 0 Å². The predicted molar refractivity (Wildman–Crippen MR) is 59.6 cm³/mol. The molecule has 0 fully saturated rings. The summed E-state index contributed by atoms with van der Waals surface area (Å²) in [6.45, 7) is 1.73. The van der Waals surface area contributed by atoms with Crippen molar-refractivity contribution >= 4 is 9.84 Å². The number of sulfone groups is 1. The number of halogens is 2. The Labute approximate surface area is 99.0 Å². The fourth-order valence-electron chi connectivity index (χ4n) is 1.44. The zero-order valence-electron chi connectivity index (χ0n) is 9.31. The fraction of sp³-hybridized carbons (Fsp3) is 0.455. The van der Waals surface area contributed by atoms with E-state index in [0.29, 0.717) is 6.42 Å². The molecule has 0 aliphatic heterocycles. The van der Waals surface area contributed by atoms with Gasteiger partial charge in [0, 0.05) is 0 Å². The Morgan fingerprint density at radius 1 is 1.29 bits per heavy atom. The standard InChI is InChI=1S/C11H14F2O3S/c1-2-9(14)7-8-5-3-4-6-10(8)17(15,16)11(12)13/h3-6,9,11,14H,2,7H2,1H3. The summed E-state index contributed by atoms with van der Waals surface area (Å²) < 4.78 is 47.7. The number of hydrogen-bond acceptors (Lipinski definition) is 3. The van der Waals surface area contributed by atoms with Crippen molar-refractivity contribution in [1.29, 1.82) is 0 Å². The van der Waals surface area contributed by atoms with Crippen LogP contribution in [-0.4, -0.2) is 25.4 Å². The maximum absolute atomic E-state index is 12.4. The molecule has 0 aliphatic rings. The first kappa shape index (κ1) is 14.1. The second kappa shape index (κ2) is 5.55. The third-order valence-electron chi connectivity index (χ3n) is 2.44. The van der Waals surface area contributed by atoms with Gasteiger partial charge in [0.2, 0.25) is 9.84 Å². The number of alkyl halides is 2. The highest BCUT2D eigenvalue weighted by Gasteiger charge is 2.29. The minimum Gasteiger partial charge on any atom is -0.393 e. The molecule has 6 heteroatoms. The molecule has 0 radical (unpaired) electrons. The van der Waals surface area contributed by atoms with Crippen molar-refractivity contribution < 1.29 is 22.3 Å². The van der Waals surface area contributed by atoms with Crippen LogP contribution < -0.4 is 0 Å². The second-order valence-electron chi connectivity index (χ2n) is 3.68. The van der Waals surface area contributed by atoms with Crippen molar-refractivity contribution in [3.63, 3.8) is 0 Å². The molecule has 1 N–H and O–H groups in total. The third kappa shape index (κ3) is 3.23. The van der Waals surface area contributed by atoms with E-state index < -0.39 is 26.6 Å². The Hall–Kier alpha value is -1.01. The molecule has 0 bridgehead atoms. The number of aliphatic hydroxyl groups is 1. The molecule has 0 aliphatic carbocycles. The lowest BCUT2D eigenvalue weighted by atomic mass is 10.1. The lowest BCUT2D eigenvalue weighted by Gasteiger charge is -2.12. The minimum atomic E-state index is -4.61. The quantitative estimate of drug-likeness (QED) is 0.885. The summed E-state index contributed by atoms with van der Waals surface area (Å²) in [7, 11) is -4.61. The lowest BCUT2D eigenvalue weighted by Crippen LogP contribution is -2.16. The highest BCUT2D eigenvalue weighted by atomic mass is 32.2. The van der Waals surface area contributed by atoms with Gasteiger partial charge in [-0.2, -0.15) is 8.78 Å². The van der Waals surface area contributed by atoms with Gasteiger partial charge in [0.1, 0.15) is 0 Å². The largest absolute Gasteiger partial charge is 0.393 e. The van der Waals surface area contributed by atoms with E-state index >= 15 is 0 Å². The maximum Gasteiger partial charge on any atom is 0.341 e. The summed E-state index contributed by atoms with van der Waals surface area (Å²) in [5.41, 5.74) is 0.224. The van der Waals surface area contributed by atoms with E-state index in [1.807, 2.05) is 0 Å². The average Bonchev–Trinajstić information content (AvgIpc) is 2.29. The SMILES string of the molecule is CCC(O)Cc1ccccc1S(=O)(=O)C(F)F. The number of rotatable bonds is 5. The molecule has 96 valence electrons. The van der Waals surface area contributed by atoms with Gasteiger partial charge in [0.15, 0.2) is 0 Å². The van der Waals surface area contributed by atoms with Gasteiger partial charge in [-0.1, -0.05) is 25.1 Å². The van der Waals surface area contributed by atoms with Gasteiger partial charge >= 0.3 is 5.76 Å². The molecule has 1 unspecified atom stereocenters. The Kier molecular flexibility index (Phi) is 4.59. The molecule has 1 aromatic rings. The number of aliphatic hydroxyl groups excluding tert-OH is 1. The normalized spacial score (nSPS) is 13.9. The van der Waals surface area contributed by atoms with E-state index in [2.05, 4.69) is 0 Å². The van der Waals surface area contributed by atoms with Crippen LogP contribution in [0.1, 0.15) is 18.9 Å². The molecule has 17 heavy (non-hydrogen) atoms. The van der Waals surface area contributed by atoms with Crippen molar-refractivity contribution in [3.05, 3.63) is 29.8 Å². The van der Waals surface area contributed by atoms with Crippen LogP contribution in [0.15, 0.2) is 29.2 Å². The smallest absolute Gasteiger partial charge is 0.341 e. The van der Waals surface area contributed by atoms with Gasteiger partial charge in [-0.3, -0.25) is 0 Å². The van der Waals surface area contributed by atoms with Gasteiger partial charge in [0.25, 0.3) is 0 Å². The molecular weight excluding hydrogens is 250 g/mol. The van der Waals surface area contributed by atoms with E-state index in [9.17, 15) is 22.3 Å². The molecule has 1 aromatic carbocycles. The first-order valence-corrected chi connectivity index (χ1v) is 6.72. The van der Waals surface area contributed by atoms with E-state index in [1.54, 1.807) is 13.0 Å². The Balaban J connectivity index is 3.17. The molecule has 3 nitrogen and oxygen atoms in total. The molecule has 0 aromatic heterocycles. The summed E-state index contributed by atoms with van der Waals surface area (Å²) in [4.78, 5) is -0.400. The summed E-state index contributed by atoms with van der Waals surface area (Å²) in [6.07, 6.45) is -0.245. The summed E-state index contributed by atoms with van der Waals surface area (Å²) >= 11 is 0. The Morgan fingerprint density at radius 3 is 2.41 bits per heavy atom. The van der Waals surface area contributed by atoms with Crippen molar-refractivity contribution in [2.75, 3.05) is 0 Å². The zero-order chi connectivity index (χ0) is 13.1. The first-order chi connectivity index (χ1) is 7.89. The highest BCUT2D eigenvalue weighted by Crippen LogP contribution is 2.23. The van der Waals surface area contributed by atoms with Crippen molar-refractivity contribution in [1.82, 2.24) is 0 Å². The van der Waals surface area contributed by atoms with Crippen LogP contribution in [0.2, 0.25) is 0 Å². The van der Waals surface area contributed by atoms with E-state index in [4.69, 9.17) is 0 Å². The molecule has 0 saturated heterocycles. The van der Waals surface area contributed by atoms with Crippen molar-refractivity contribution in [2.24, 2.45) is 0 Å². The maximum atomic E-state index is 12.4. The number of hydrogen-bond donors (Lipinski definition) is 1. The van der Waals surface area contributed by atoms with Gasteiger partial charge in [-0.25, -0.2) is 8.42 Å². The summed E-state index contributed by atoms with van der Waals surface area (Å²) in [6, 6.07) is 5.52. The molecule has 1 rings (SSSR count). The predicted octanol–water partition coefficient (Wildman–Crippen LogP) is 2.00. The number of benzene rings is 1. The summed E-state index contributed by atoms with van der Waals surface area (Å²) in [5, 5.41) is 9.46. The van der Waals surface area contributed by atoms with Crippen LogP contribution in [0.4, 0.5) is 8.78 Å². The highest BCUT2D eigenvalue weighted by molar-refractivity contribution is 7.91. The van der Waals surface area contributed by atoms with Gasteiger partial charge in [-0.05, 0) is 24.5 Å². The van der Waals surface area contributed by atoms with Crippen LogP contribution in [0.3, 0.4) is 0 Å². The molecule has 0 spiro atoms. The third-order valence-corrected chi connectivity index (χ3v) is 3.92. The monoisotopic (exact) mass is 264 g/mol. The molecule has 0 saturated carbocycles. The van der Waals surface area contributed by atoms with Crippen LogP contribution in [0, 0.1) is 0 Å². The Bertz CT molecular complexity index is 471. The van der Waals surface area contributed by atoms with Gasteiger partial charge < -0.3 is 5.11 Å². The minimum absolute atomic E-state index is 0.0542. The topological polar surface area (TPSA) is 54.4 Å². The summed E-state index contributed by atoms with van der Waals surface area (Å²) in [5.74, 6) is -3.44. The molecular formula is C11H14F2O3S. The van der Waals surface area contributed by atoms with E-state index in [0.717, 1.165) is 6.07 Å². The fourth-order valence-corrected chi connectivity index (χ4v) is 2.42. The molecule has 1 atom stereocenters. The molecule has 0 amide bonds. The first-order valence-electron chi connectivity index (χ1n) is 5.17. The average molecular weight is 264 g/mol. The second-order valence-corrected chi connectivity index (χ2v) is 5.57. The zero-order valence-corrected chi connectivity index (χ0v) is 10.1. The van der Waals surface area contributed by atoms with E-state index in [-0.39, 0.29) is 12.0 Å². The van der Waals surface area contributed by atoms with Gasteiger partial charge in [-0.15, -0.1) is 0 Å².